The first-order valence-corrected chi connectivity index (χ1v) is 15.7. The molecule has 6 N–H and O–H groups in total. The van der Waals surface area contributed by atoms with Gasteiger partial charge < -0.3 is 36.6 Å². The number of nitrogens with zero attached hydrogens (tertiary/aromatic N) is 4. The number of aliphatic hydroxyl groups excluding tert-OH is 1. The van der Waals surface area contributed by atoms with E-state index in [0.717, 1.165) is 5.56 Å². The Balaban J connectivity index is 1.60. The molecule has 2 aromatic carbocycles. The van der Waals surface area contributed by atoms with E-state index in [2.05, 4.69) is 36.8 Å². The monoisotopic (exact) mass is 663 g/mol. The molecule has 0 radical (unpaired) electrons. The average Bonchev–Trinajstić information content (AvgIpc) is 3.47. The van der Waals surface area contributed by atoms with Crippen LogP contribution < -0.4 is 26.6 Å². The Kier molecular flexibility index (Phi) is 12.2. The summed E-state index contributed by atoms with van der Waals surface area (Å²) in [6, 6.07) is 11.2. The van der Waals surface area contributed by atoms with Gasteiger partial charge in [-0.3, -0.25) is 28.8 Å². The van der Waals surface area contributed by atoms with E-state index in [1.54, 1.807) is 68.4 Å². The minimum atomic E-state index is -1.43. The molecule has 3 aromatic rings. The van der Waals surface area contributed by atoms with Crippen molar-refractivity contribution in [2.45, 2.75) is 57.9 Å². The first-order chi connectivity index (χ1) is 22.9. The maximum Gasteiger partial charge on any atom is 0.246 e. The van der Waals surface area contributed by atoms with Gasteiger partial charge in [-0.25, -0.2) is 0 Å². The molecule has 0 unspecified atom stereocenters. The molecule has 4 rings (SSSR count). The van der Waals surface area contributed by atoms with Crippen molar-refractivity contribution >= 4 is 46.5 Å². The number of aliphatic hydroxyl groups is 1. The summed E-state index contributed by atoms with van der Waals surface area (Å²) in [5.41, 5.74) is 1.89. The molecule has 1 aliphatic heterocycles. The minimum absolute atomic E-state index is 0.0805. The predicted molar refractivity (Wildman–Crippen MR) is 173 cm³/mol. The van der Waals surface area contributed by atoms with Crippen LogP contribution in [0.2, 0.25) is 0 Å². The lowest BCUT2D eigenvalue weighted by molar-refractivity contribution is -0.138. The highest BCUT2D eigenvalue weighted by atomic mass is 16.3. The molecular formula is C32H41N9O7. The van der Waals surface area contributed by atoms with Crippen molar-refractivity contribution in [3.8, 4) is 0 Å². The number of rotatable bonds is 6. The number of benzene rings is 2. The fraction of sp³-hybridized carbons (Fsp3) is 0.438. The van der Waals surface area contributed by atoms with E-state index in [-0.39, 0.29) is 26.1 Å². The Hall–Kier alpha value is -5.38. The Bertz CT molecular complexity index is 1600. The number of aromatic nitrogens is 3. The summed E-state index contributed by atoms with van der Waals surface area (Å²) in [7, 11) is 0. The average molecular weight is 664 g/mol. The summed E-state index contributed by atoms with van der Waals surface area (Å²) >= 11 is 0. The van der Waals surface area contributed by atoms with Crippen LogP contribution >= 0.6 is 0 Å². The summed E-state index contributed by atoms with van der Waals surface area (Å²) in [6.45, 7) is 3.05. The van der Waals surface area contributed by atoms with Gasteiger partial charge >= 0.3 is 0 Å². The Morgan fingerprint density at radius 1 is 0.833 bits per heavy atom. The smallest absolute Gasteiger partial charge is 0.246 e. The molecule has 16 heteroatoms. The molecule has 2 heterocycles. The van der Waals surface area contributed by atoms with Crippen molar-refractivity contribution in [2.24, 2.45) is 5.92 Å². The van der Waals surface area contributed by atoms with E-state index in [1.165, 1.54) is 16.6 Å². The SMILES string of the molecule is CC(C)[C@H]1NC(=O)CN(C(=O)Cn2nc3ccccc3n2)CCNC(=O)[C@@H](Cc2ccccc2)NC(=O)[C@H](CO)NC(=O)[C@H](C)NC1=O. The fourth-order valence-corrected chi connectivity index (χ4v) is 5.04. The number of carbonyl (C=O) groups is 6. The number of amides is 6. The topological polar surface area (TPSA) is 217 Å². The Morgan fingerprint density at radius 2 is 1.46 bits per heavy atom. The second-order valence-corrected chi connectivity index (χ2v) is 11.8. The maximum atomic E-state index is 13.5. The van der Waals surface area contributed by atoms with Gasteiger partial charge in [0.2, 0.25) is 35.4 Å². The zero-order valence-electron chi connectivity index (χ0n) is 27.0. The quantitative estimate of drug-likeness (QED) is 0.176. The lowest BCUT2D eigenvalue weighted by atomic mass is 10.0. The van der Waals surface area contributed by atoms with Crippen LogP contribution in [0.5, 0.6) is 0 Å². The molecule has 1 saturated heterocycles. The Labute approximate surface area is 277 Å². The molecule has 0 spiro atoms. The van der Waals surface area contributed by atoms with Crippen LogP contribution in [0.1, 0.15) is 26.3 Å². The molecule has 0 aliphatic carbocycles. The van der Waals surface area contributed by atoms with Gasteiger partial charge in [-0.2, -0.15) is 15.0 Å². The summed E-state index contributed by atoms with van der Waals surface area (Å²) in [6.07, 6.45) is 0.0805. The zero-order valence-corrected chi connectivity index (χ0v) is 27.0. The van der Waals surface area contributed by atoms with Crippen molar-refractivity contribution in [2.75, 3.05) is 26.2 Å². The van der Waals surface area contributed by atoms with Gasteiger partial charge in [-0.15, -0.1) is 0 Å². The highest BCUT2D eigenvalue weighted by molar-refractivity contribution is 5.96. The van der Waals surface area contributed by atoms with E-state index < -0.39 is 78.7 Å². The zero-order chi connectivity index (χ0) is 34.8. The summed E-state index contributed by atoms with van der Waals surface area (Å²) in [5.74, 6) is -4.41. The summed E-state index contributed by atoms with van der Waals surface area (Å²) in [4.78, 5) is 81.9. The largest absolute Gasteiger partial charge is 0.394 e. The van der Waals surface area contributed by atoms with E-state index in [1.807, 2.05) is 0 Å². The number of carbonyl (C=O) groups excluding carboxylic acids is 6. The van der Waals surface area contributed by atoms with E-state index in [9.17, 15) is 33.9 Å². The van der Waals surface area contributed by atoms with Crippen molar-refractivity contribution in [3.05, 3.63) is 60.2 Å². The van der Waals surface area contributed by atoms with Crippen molar-refractivity contribution in [1.82, 2.24) is 46.5 Å². The third-order valence-electron chi connectivity index (χ3n) is 7.72. The lowest BCUT2D eigenvalue weighted by Gasteiger charge is -2.28. The lowest BCUT2D eigenvalue weighted by Crippen LogP contribution is -2.60. The summed E-state index contributed by atoms with van der Waals surface area (Å²) in [5, 5.41) is 31.4. The van der Waals surface area contributed by atoms with Crippen molar-refractivity contribution < 1.29 is 33.9 Å². The highest BCUT2D eigenvalue weighted by Crippen LogP contribution is 2.09. The van der Waals surface area contributed by atoms with Gasteiger partial charge in [0.05, 0.1) is 13.2 Å². The van der Waals surface area contributed by atoms with Gasteiger partial charge in [-0.1, -0.05) is 56.3 Å². The van der Waals surface area contributed by atoms with Crippen LogP contribution in [-0.2, 0) is 41.7 Å². The van der Waals surface area contributed by atoms with Crippen LogP contribution in [0.4, 0.5) is 0 Å². The van der Waals surface area contributed by atoms with E-state index >= 15 is 0 Å². The van der Waals surface area contributed by atoms with Crippen molar-refractivity contribution in [3.63, 3.8) is 0 Å². The molecule has 0 saturated carbocycles. The molecule has 48 heavy (non-hydrogen) atoms. The second-order valence-electron chi connectivity index (χ2n) is 11.8. The summed E-state index contributed by atoms with van der Waals surface area (Å²) < 4.78 is 0. The first-order valence-electron chi connectivity index (χ1n) is 15.7. The molecule has 1 fully saturated rings. The first kappa shape index (κ1) is 35.5. The molecule has 6 amide bonds. The molecule has 256 valence electrons. The van der Waals surface area contributed by atoms with E-state index in [0.29, 0.717) is 11.0 Å². The van der Waals surface area contributed by atoms with Gasteiger partial charge in [0.1, 0.15) is 41.7 Å². The van der Waals surface area contributed by atoms with Crippen LogP contribution in [-0.4, -0.2) is 111 Å². The van der Waals surface area contributed by atoms with Gasteiger partial charge in [0, 0.05) is 19.5 Å². The van der Waals surface area contributed by atoms with Gasteiger partial charge in [0.15, 0.2) is 0 Å². The Morgan fingerprint density at radius 3 is 2.08 bits per heavy atom. The number of fused-ring (bicyclic) bond motifs is 1. The number of hydrogen-bond donors (Lipinski definition) is 6. The van der Waals surface area contributed by atoms with Crippen molar-refractivity contribution in [1.29, 1.82) is 0 Å². The number of hydrogen-bond acceptors (Lipinski definition) is 9. The predicted octanol–water partition coefficient (Wildman–Crippen LogP) is -1.76. The normalized spacial score (nSPS) is 22.2. The minimum Gasteiger partial charge on any atom is -0.394 e. The molecule has 16 nitrogen and oxygen atoms in total. The standard InChI is InChI=1S/C32H41N9O7/c1-19(2)28-32(48)34-20(3)29(45)36-25(18-42)31(47)35-24(15-21-9-5-4-6-10-21)30(46)33-13-14-40(16-26(43)37-28)27(44)17-41-38-22-11-7-8-12-23(22)39-41/h4-12,19-20,24-25,28,42H,13-18H2,1-3H3,(H,33,46)(H,34,48)(H,35,47)(H,36,45)(H,37,43)/t20-,24+,25-,28+/m0/s1. The maximum absolute atomic E-state index is 13.5. The third kappa shape index (κ3) is 9.57. The van der Waals surface area contributed by atoms with Gasteiger partial charge in [0.25, 0.3) is 0 Å². The van der Waals surface area contributed by atoms with Crippen LogP contribution in [0.15, 0.2) is 54.6 Å². The van der Waals surface area contributed by atoms with Crippen LogP contribution in [0.25, 0.3) is 11.0 Å². The molecule has 4 atom stereocenters. The van der Waals surface area contributed by atoms with E-state index in [4.69, 9.17) is 0 Å². The number of nitrogens with one attached hydrogen (secondary N) is 5. The fourth-order valence-electron chi connectivity index (χ4n) is 5.04. The molecule has 0 bridgehead atoms. The van der Waals surface area contributed by atoms with Gasteiger partial charge in [-0.05, 0) is 30.5 Å². The molecular weight excluding hydrogens is 622 g/mol. The molecule has 1 aromatic heterocycles. The third-order valence-corrected chi connectivity index (χ3v) is 7.72. The second kappa shape index (κ2) is 16.4. The van der Waals surface area contributed by atoms with Crippen LogP contribution in [0, 0.1) is 5.92 Å². The van der Waals surface area contributed by atoms with Crippen LogP contribution in [0.3, 0.4) is 0 Å². The highest BCUT2D eigenvalue weighted by Gasteiger charge is 2.31. The molecule has 1 aliphatic rings.